The average Bonchev–Trinajstić information content (AvgIpc) is 2.77. The fourth-order valence-electron chi connectivity index (χ4n) is 4.03. The van der Waals surface area contributed by atoms with E-state index in [1.807, 2.05) is 12.1 Å². The average molecular weight is 567 g/mol. The molecule has 1 saturated heterocycles. The molecule has 1 amide bonds. The van der Waals surface area contributed by atoms with Gasteiger partial charge in [-0.25, -0.2) is 13.1 Å². The van der Waals surface area contributed by atoms with Crippen molar-refractivity contribution in [1.29, 1.82) is 0 Å². The molecule has 1 heterocycles. The maximum Gasteiger partial charge on any atom is 0.227 e. The van der Waals surface area contributed by atoms with Crippen molar-refractivity contribution in [2.24, 2.45) is 0 Å². The number of nitrogens with one attached hydrogen (secondary N) is 2. The normalized spacial score (nSPS) is 16.4. The number of nitrogens with zero attached hydrogens (tertiary/aromatic N) is 1. The van der Waals surface area contributed by atoms with E-state index in [2.05, 4.69) is 14.9 Å². The first-order chi connectivity index (χ1) is 16.0. The molecule has 0 radical (unpaired) electrons. The molecule has 1 aliphatic rings. The Morgan fingerprint density at radius 1 is 1.00 bits per heavy atom. The molecule has 0 aromatic heterocycles. The van der Waals surface area contributed by atoms with Gasteiger partial charge in [0.2, 0.25) is 15.9 Å². The van der Waals surface area contributed by atoms with Gasteiger partial charge in [0.25, 0.3) is 0 Å². The van der Waals surface area contributed by atoms with Crippen LogP contribution in [0.1, 0.15) is 36.3 Å². The van der Waals surface area contributed by atoms with Gasteiger partial charge in [-0.1, -0.05) is 58.5 Å². The number of carbonyl (C=O) groups excluding carboxylic acids is 1. The molecule has 1 fully saturated rings. The number of rotatable bonds is 9. The second-order valence-corrected chi connectivity index (χ2v) is 11.9. The lowest BCUT2D eigenvalue weighted by Crippen LogP contribution is -2.45. The predicted molar refractivity (Wildman–Crippen MR) is 140 cm³/mol. The van der Waals surface area contributed by atoms with Gasteiger partial charge in [0.15, 0.2) is 0 Å². The highest BCUT2D eigenvalue weighted by Crippen LogP contribution is 2.29. The first kappa shape index (κ1) is 27.5. The van der Waals surface area contributed by atoms with Crippen LogP contribution in [0, 0.1) is 0 Å². The van der Waals surface area contributed by atoms with Crippen molar-refractivity contribution in [3.8, 4) is 0 Å². The van der Waals surface area contributed by atoms with Gasteiger partial charge in [-0.05, 0) is 74.3 Å². The standard InChI is InChI=1S/C23H27Cl4N3O3S/c1-34(32,33)29-17-6-9-30(10-7-17)11-8-18(16-3-5-20(25)22(27)13-16)23(31)28-14-15-2-4-19(24)21(26)12-15/h2-5,12-13,17-18,29H,6-11,14H2,1H3,(H,28,31). The van der Waals surface area contributed by atoms with Gasteiger partial charge in [-0.3, -0.25) is 4.79 Å². The van der Waals surface area contributed by atoms with E-state index in [0.717, 1.165) is 37.1 Å². The van der Waals surface area contributed by atoms with E-state index in [9.17, 15) is 13.2 Å². The third-order valence-corrected chi connectivity index (χ3v) is 8.06. The minimum Gasteiger partial charge on any atom is -0.351 e. The van der Waals surface area contributed by atoms with E-state index in [1.54, 1.807) is 24.3 Å². The van der Waals surface area contributed by atoms with Gasteiger partial charge in [0.1, 0.15) is 0 Å². The lowest BCUT2D eigenvalue weighted by atomic mass is 9.93. The number of likely N-dealkylation sites (tertiary alicyclic amines) is 1. The van der Waals surface area contributed by atoms with Gasteiger partial charge in [0, 0.05) is 12.6 Å². The van der Waals surface area contributed by atoms with Crippen LogP contribution in [0.3, 0.4) is 0 Å². The summed E-state index contributed by atoms with van der Waals surface area (Å²) in [6.07, 6.45) is 3.22. The molecule has 0 aliphatic carbocycles. The maximum absolute atomic E-state index is 13.2. The summed E-state index contributed by atoms with van der Waals surface area (Å²) < 4.78 is 25.6. The topological polar surface area (TPSA) is 78.5 Å². The monoisotopic (exact) mass is 565 g/mol. The highest BCUT2D eigenvalue weighted by Gasteiger charge is 2.25. The van der Waals surface area contributed by atoms with Crippen molar-refractivity contribution in [3.63, 3.8) is 0 Å². The van der Waals surface area contributed by atoms with E-state index >= 15 is 0 Å². The Morgan fingerprint density at radius 2 is 1.62 bits per heavy atom. The van der Waals surface area contributed by atoms with Crippen LogP contribution in [0.2, 0.25) is 20.1 Å². The van der Waals surface area contributed by atoms with Crippen molar-refractivity contribution in [1.82, 2.24) is 14.9 Å². The number of hydrogen-bond acceptors (Lipinski definition) is 4. The summed E-state index contributed by atoms with van der Waals surface area (Å²) in [6, 6.07) is 10.4. The van der Waals surface area contributed by atoms with Crippen LogP contribution >= 0.6 is 46.4 Å². The smallest absolute Gasteiger partial charge is 0.227 e. The second-order valence-electron chi connectivity index (χ2n) is 8.49. The molecule has 3 rings (SSSR count). The third-order valence-electron chi connectivity index (χ3n) is 5.82. The summed E-state index contributed by atoms with van der Waals surface area (Å²) in [7, 11) is -3.22. The summed E-state index contributed by atoms with van der Waals surface area (Å²) in [5.74, 6) is -0.553. The Bertz CT molecular complexity index is 1120. The molecule has 0 spiro atoms. The van der Waals surface area contributed by atoms with E-state index in [1.165, 1.54) is 6.26 Å². The quantitative estimate of drug-likeness (QED) is 0.442. The van der Waals surface area contributed by atoms with Gasteiger partial charge >= 0.3 is 0 Å². The summed E-state index contributed by atoms with van der Waals surface area (Å²) in [5.41, 5.74) is 1.63. The zero-order valence-electron chi connectivity index (χ0n) is 18.7. The Kier molecular flexibility index (Phi) is 9.93. The molecule has 2 aromatic carbocycles. The molecular weight excluding hydrogens is 540 g/mol. The minimum absolute atomic E-state index is 0.0494. The van der Waals surface area contributed by atoms with Crippen molar-refractivity contribution in [2.75, 3.05) is 25.9 Å². The number of benzene rings is 2. The van der Waals surface area contributed by atoms with E-state index < -0.39 is 15.9 Å². The Balaban J connectivity index is 1.64. The van der Waals surface area contributed by atoms with Crippen LogP contribution in [-0.4, -0.2) is 51.2 Å². The fraction of sp³-hybridized carbons (Fsp3) is 0.435. The molecule has 34 heavy (non-hydrogen) atoms. The SMILES string of the molecule is CS(=O)(=O)NC1CCN(CCC(C(=O)NCc2ccc(Cl)c(Cl)c2)c2ccc(Cl)c(Cl)c2)CC1. The summed E-state index contributed by atoms with van der Waals surface area (Å²) >= 11 is 24.4. The second kappa shape index (κ2) is 12.3. The van der Waals surface area contributed by atoms with Gasteiger partial charge in [-0.2, -0.15) is 0 Å². The molecular formula is C23H27Cl4N3O3S. The first-order valence-corrected chi connectivity index (χ1v) is 14.3. The van der Waals surface area contributed by atoms with Crippen molar-refractivity contribution in [3.05, 3.63) is 67.6 Å². The van der Waals surface area contributed by atoms with Crippen LogP contribution in [0.25, 0.3) is 0 Å². The summed E-state index contributed by atoms with van der Waals surface area (Å²) in [5, 5.41) is 4.71. The third kappa shape index (κ3) is 8.26. The largest absolute Gasteiger partial charge is 0.351 e. The lowest BCUT2D eigenvalue weighted by molar-refractivity contribution is -0.123. The van der Waals surface area contributed by atoms with Gasteiger partial charge < -0.3 is 10.2 Å². The lowest BCUT2D eigenvalue weighted by Gasteiger charge is -2.32. The molecule has 0 saturated carbocycles. The number of carbonyl (C=O) groups is 1. The van der Waals surface area contributed by atoms with Crippen LogP contribution < -0.4 is 10.0 Å². The number of piperidine rings is 1. The molecule has 2 aromatic rings. The molecule has 11 heteroatoms. The summed E-state index contributed by atoms with van der Waals surface area (Å²) in [6.45, 7) is 2.52. The molecule has 1 aliphatic heterocycles. The van der Waals surface area contributed by atoms with E-state index in [0.29, 0.717) is 39.6 Å². The molecule has 6 nitrogen and oxygen atoms in total. The first-order valence-electron chi connectivity index (χ1n) is 10.9. The summed E-state index contributed by atoms with van der Waals surface area (Å²) in [4.78, 5) is 15.5. The number of sulfonamides is 1. The highest BCUT2D eigenvalue weighted by atomic mass is 35.5. The number of halogens is 4. The van der Waals surface area contributed by atoms with E-state index in [4.69, 9.17) is 46.4 Å². The predicted octanol–water partition coefficient (Wildman–Crippen LogP) is 5.10. The maximum atomic E-state index is 13.2. The van der Waals surface area contributed by atoms with Crippen molar-refractivity contribution < 1.29 is 13.2 Å². The zero-order valence-corrected chi connectivity index (χ0v) is 22.5. The molecule has 1 unspecified atom stereocenters. The molecule has 186 valence electrons. The molecule has 1 atom stereocenters. The van der Waals surface area contributed by atoms with Crippen molar-refractivity contribution >= 4 is 62.3 Å². The van der Waals surface area contributed by atoms with Crippen LogP contribution in [-0.2, 0) is 21.4 Å². The van der Waals surface area contributed by atoms with Gasteiger partial charge in [0.05, 0.1) is 32.3 Å². The van der Waals surface area contributed by atoms with E-state index in [-0.39, 0.29) is 11.9 Å². The van der Waals surface area contributed by atoms with Crippen LogP contribution in [0.15, 0.2) is 36.4 Å². The highest BCUT2D eigenvalue weighted by molar-refractivity contribution is 7.88. The Morgan fingerprint density at radius 3 is 2.21 bits per heavy atom. The molecule has 0 bridgehead atoms. The minimum atomic E-state index is -3.22. The van der Waals surface area contributed by atoms with Gasteiger partial charge in [-0.15, -0.1) is 0 Å². The Hall–Kier alpha value is -1.06. The Labute approximate surface area is 220 Å². The number of hydrogen-bond donors (Lipinski definition) is 2. The van der Waals surface area contributed by atoms with Crippen LogP contribution in [0.5, 0.6) is 0 Å². The van der Waals surface area contributed by atoms with Crippen molar-refractivity contribution in [2.45, 2.75) is 37.8 Å². The fourth-order valence-corrected chi connectivity index (χ4v) is 5.50. The number of amides is 1. The zero-order chi connectivity index (χ0) is 24.9. The van der Waals surface area contributed by atoms with Crippen LogP contribution in [0.4, 0.5) is 0 Å². The molecule has 2 N–H and O–H groups in total.